The van der Waals surface area contributed by atoms with Crippen molar-refractivity contribution in [3.8, 4) is 11.5 Å². The van der Waals surface area contributed by atoms with E-state index in [2.05, 4.69) is 20.2 Å². The van der Waals surface area contributed by atoms with Crippen molar-refractivity contribution in [3.05, 3.63) is 82.9 Å². The molecule has 3 aromatic rings. The van der Waals surface area contributed by atoms with E-state index in [1.807, 2.05) is 56.6 Å². The molecule has 5 rings (SSSR count). The predicted molar refractivity (Wildman–Crippen MR) is 142 cm³/mol. The van der Waals surface area contributed by atoms with Gasteiger partial charge in [0.15, 0.2) is 0 Å². The minimum atomic E-state index is -0.248. The van der Waals surface area contributed by atoms with Crippen molar-refractivity contribution in [3.63, 3.8) is 0 Å². The van der Waals surface area contributed by atoms with Crippen LogP contribution in [0.5, 0.6) is 11.5 Å². The molecule has 3 heterocycles. The van der Waals surface area contributed by atoms with Gasteiger partial charge in [0.1, 0.15) is 17.3 Å². The summed E-state index contributed by atoms with van der Waals surface area (Å²) in [6, 6.07) is 12.9. The fourth-order valence-corrected chi connectivity index (χ4v) is 4.82. The fourth-order valence-electron chi connectivity index (χ4n) is 4.82. The molecule has 198 valence electrons. The van der Waals surface area contributed by atoms with Crippen molar-refractivity contribution < 1.29 is 19.1 Å². The molecule has 9 nitrogen and oxygen atoms in total. The lowest BCUT2D eigenvalue weighted by Crippen LogP contribution is -2.48. The number of nitrogens with zero attached hydrogens (tertiary/aromatic N) is 4. The molecule has 0 aliphatic carbocycles. The monoisotopic (exact) mass is 515 g/mol. The van der Waals surface area contributed by atoms with Gasteiger partial charge in [0.25, 0.3) is 5.91 Å². The molecule has 1 fully saturated rings. The normalized spacial score (nSPS) is 20.6. The summed E-state index contributed by atoms with van der Waals surface area (Å²) < 4.78 is 12.5. The van der Waals surface area contributed by atoms with E-state index >= 15 is 0 Å². The van der Waals surface area contributed by atoms with Crippen LogP contribution in [0.15, 0.2) is 54.9 Å². The van der Waals surface area contributed by atoms with Crippen molar-refractivity contribution in [1.82, 2.24) is 25.1 Å². The Morgan fingerprint density at radius 3 is 2.68 bits per heavy atom. The number of aryl methyl sites for hydroxylation is 2. The van der Waals surface area contributed by atoms with Gasteiger partial charge in [-0.05, 0) is 42.3 Å². The molecule has 2 atom stereocenters. The Balaban J connectivity index is 1.38. The second-order valence-corrected chi connectivity index (χ2v) is 9.97. The quantitative estimate of drug-likeness (QED) is 0.573. The van der Waals surface area contributed by atoms with Crippen LogP contribution in [0.2, 0.25) is 0 Å². The van der Waals surface area contributed by atoms with Gasteiger partial charge in [0.2, 0.25) is 5.91 Å². The van der Waals surface area contributed by atoms with E-state index < -0.39 is 0 Å². The van der Waals surface area contributed by atoms with Gasteiger partial charge in [-0.3, -0.25) is 14.5 Å². The molecule has 2 aliphatic heterocycles. The average Bonchev–Trinajstić information content (AvgIpc) is 3.28. The number of nitrogens with one attached hydrogen (secondary N) is 1. The molecule has 2 aromatic carbocycles. The molecular formula is C29H33N5O4. The van der Waals surface area contributed by atoms with E-state index in [0.717, 1.165) is 28.9 Å². The van der Waals surface area contributed by atoms with Crippen LogP contribution in [0, 0.1) is 6.92 Å². The van der Waals surface area contributed by atoms with Crippen LogP contribution in [0.1, 0.15) is 39.8 Å². The third-order valence-corrected chi connectivity index (χ3v) is 6.92. The summed E-state index contributed by atoms with van der Waals surface area (Å²) in [7, 11) is 1.63. The molecule has 9 heteroatoms. The number of rotatable bonds is 3. The first-order valence-corrected chi connectivity index (χ1v) is 12.9. The average molecular weight is 516 g/mol. The summed E-state index contributed by atoms with van der Waals surface area (Å²) in [5.74, 6) is 1.61. The first-order valence-electron chi connectivity index (χ1n) is 12.9. The van der Waals surface area contributed by atoms with Crippen molar-refractivity contribution in [1.29, 1.82) is 0 Å². The Kier molecular flexibility index (Phi) is 7.67. The van der Waals surface area contributed by atoms with E-state index in [9.17, 15) is 9.59 Å². The largest absolute Gasteiger partial charge is 0.457 e. The molecule has 4 bridgehead atoms. The van der Waals surface area contributed by atoms with Crippen molar-refractivity contribution >= 4 is 11.8 Å². The Morgan fingerprint density at radius 2 is 1.89 bits per heavy atom. The summed E-state index contributed by atoms with van der Waals surface area (Å²) in [6.07, 6.45) is 4.29. The highest BCUT2D eigenvalue weighted by atomic mass is 16.5. The maximum Gasteiger partial charge on any atom is 0.254 e. The highest BCUT2D eigenvalue weighted by molar-refractivity contribution is 5.96. The topological polar surface area (TPSA) is 96.9 Å². The number of benzene rings is 2. The first kappa shape index (κ1) is 25.8. The molecule has 38 heavy (non-hydrogen) atoms. The number of carbonyl (C=O) groups excluding carboxylic acids is 2. The van der Waals surface area contributed by atoms with E-state index in [4.69, 9.17) is 9.47 Å². The SMILES string of the molecule is CCc1ncc(CN2C[C@@H]3NC(=O)CN(C)C(=O)c4ccc(C)c(c4)Oc4cccc(c4)CO[C@H]3C2)cn1. The minimum absolute atomic E-state index is 0.0581. The number of likely N-dealkylation sites (N-methyl/N-ethyl adjacent to an activating group) is 1. The number of aromatic nitrogens is 2. The smallest absolute Gasteiger partial charge is 0.254 e. The van der Waals surface area contributed by atoms with Crippen LogP contribution >= 0.6 is 0 Å². The molecule has 1 aromatic heterocycles. The van der Waals surface area contributed by atoms with Gasteiger partial charge in [-0.2, -0.15) is 0 Å². The third kappa shape index (κ3) is 6.00. The Bertz CT molecular complexity index is 1310. The van der Waals surface area contributed by atoms with Crippen LogP contribution in [0.3, 0.4) is 0 Å². The number of hydrogen-bond acceptors (Lipinski definition) is 7. The number of fused-ring (bicyclic) bond motifs is 5. The number of likely N-dealkylation sites (tertiary alicyclic amines) is 1. The van der Waals surface area contributed by atoms with Gasteiger partial charge in [-0.15, -0.1) is 0 Å². The first-order chi connectivity index (χ1) is 18.4. The van der Waals surface area contributed by atoms with Crippen LogP contribution in [0.25, 0.3) is 0 Å². The van der Waals surface area contributed by atoms with Crippen LogP contribution in [-0.2, 0) is 29.1 Å². The van der Waals surface area contributed by atoms with Gasteiger partial charge in [-0.1, -0.05) is 25.1 Å². The zero-order valence-electron chi connectivity index (χ0n) is 22.0. The molecule has 0 spiro atoms. The molecule has 1 N–H and O–H groups in total. The van der Waals surface area contributed by atoms with Crippen LogP contribution < -0.4 is 10.1 Å². The standard InChI is InChI=1S/C29H33N5O4/c1-4-27-30-12-21(13-31-27)14-34-15-24-26(16-34)37-18-20-6-5-7-23(10-20)38-25-11-22(9-8-19(25)2)29(36)33(3)17-28(35)32-24/h5-13,24,26H,4,14-18H2,1-3H3,(H,32,35)/t24-,26-/m0/s1. The Hall–Kier alpha value is -3.82. The second kappa shape index (κ2) is 11.3. The van der Waals surface area contributed by atoms with Gasteiger partial charge in [0.05, 0.1) is 25.3 Å². The molecule has 2 amide bonds. The molecule has 0 radical (unpaired) electrons. The van der Waals surface area contributed by atoms with E-state index in [-0.39, 0.29) is 30.5 Å². The minimum Gasteiger partial charge on any atom is -0.457 e. The Morgan fingerprint density at radius 1 is 1.08 bits per heavy atom. The summed E-state index contributed by atoms with van der Waals surface area (Å²) in [4.78, 5) is 38.6. The second-order valence-electron chi connectivity index (χ2n) is 9.97. The fraction of sp³-hybridized carbons (Fsp3) is 0.379. The molecule has 1 saturated heterocycles. The number of amides is 2. The maximum absolute atomic E-state index is 13.1. The van der Waals surface area contributed by atoms with E-state index in [1.165, 1.54) is 4.90 Å². The van der Waals surface area contributed by atoms with Crippen LogP contribution in [0.4, 0.5) is 0 Å². The highest BCUT2D eigenvalue weighted by Gasteiger charge is 2.35. The van der Waals surface area contributed by atoms with Gasteiger partial charge in [0, 0.05) is 56.6 Å². The summed E-state index contributed by atoms with van der Waals surface area (Å²) >= 11 is 0. The molecule has 2 aliphatic rings. The van der Waals surface area contributed by atoms with Gasteiger partial charge >= 0.3 is 0 Å². The Labute approximate surface area is 222 Å². The lowest BCUT2D eigenvalue weighted by Gasteiger charge is -2.23. The molecular weight excluding hydrogens is 482 g/mol. The maximum atomic E-state index is 13.1. The van der Waals surface area contributed by atoms with E-state index in [1.54, 1.807) is 19.2 Å². The van der Waals surface area contributed by atoms with Gasteiger partial charge < -0.3 is 19.7 Å². The predicted octanol–water partition coefficient (Wildman–Crippen LogP) is 3.11. The van der Waals surface area contributed by atoms with Gasteiger partial charge in [-0.25, -0.2) is 9.97 Å². The lowest BCUT2D eigenvalue weighted by atomic mass is 10.1. The van der Waals surface area contributed by atoms with E-state index in [0.29, 0.717) is 43.3 Å². The lowest BCUT2D eigenvalue weighted by molar-refractivity contribution is -0.123. The molecule has 0 unspecified atom stereocenters. The number of hydrogen-bond donors (Lipinski definition) is 1. The van der Waals surface area contributed by atoms with Crippen molar-refractivity contribution in [2.24, 2.45) is 0 Å². The molecule has 0 saturated carbocycles. The number of carbonyl (C=O) groups is 2. The van der Waals surface area contributed by atoms with Crippen molar-refractivity contribution in [2.45, 2.75) is 45.6 Å². The summed E-state index contributed by atoms with van der Waals surface area (Å²) in [5.41, 5.74) is 3.35. The van der Waals surface area contributed by atoms with Crippen molar-refractivity contribution in [2.75, 3.05) is 26.7 Å². The summed E-state index contributed by atoms with van der Waals surface area (Å²) in [6.45, 7) is 6.21. The summed E-state index contributed by atoms with van der Waals surface area (Å²) in [5, 5.41) is 3.11. The van der Waals surface area contributed by atoms with Crippen LogP contribution in [-0.4, -0.2) is 70.4 Å². The zero-order valence-corrected chi connectivity index (χ0v) is 22.0. The number of ether oxygens (including phenoxy) is 2. The third-order valence-electron chi connectivity index (χ3n) is 6.92. The highest BCUT2D eigenvalue weighted by Crippen LogP contribution is 2.28. The zero-order chi connectivity index (χ0) is 26.6.